The van der Waals surface area contributed by atoms with Crippen molar-refractivity contribution in [3.8, 4) is 5.69 Å². The molecule has 6 nitrogen and oxygen atoms in total. The number of benzene rings is 1. The van der Waals surface area contributed by atoms with Crippen LogP contribution in [0.3, 0.4) is 0 Å². The van der Waals surface area contributed by atoms with E-state index < -0.39 is 5.97 Å². The molecule has 6 heteroatoms. The van der Waals surface area contributed by atoms with E-state index in [9.17, 15) is 9.59 Å². The summed E-state index contributed by atoms with van der Waals surface area (Å²) in [6.07, 6.45) is 4.02. The van der Waals surface area contributed by atoms with Gasteiger partial charge in [0.05, 0.1) is 11.3 Å². The maximum atomic E-state index is 12.0. The van der Waals surface area contributed by atoms with Gasteiger partial charge in [-0.25, -0.2) is 9.48 Å². The number of aromatic amines is 1. The summed E-state index contributed by atoms with van der Waals surface area (Å²) in [6, 6.07) is 11.4. The summed E-state index contributed by atoms with van der Waals surface area (Å²) in [7, 11) is 0. The number of carbonyl (C=O) groups is 1. The smallest absolute Gasteiger partial charge is 0.335 e. The van der Waals surface area contributed by atoms with Crippen molar-refractivity contribution in [3.05, 3.63) is 82.0 Å². The van der Waals surface area contributed by atoms with Crippen molar-refractivity contribution < 1.29 is 9.90 Å². The third-order valence-electron chi connectivity index (χ3n) is 3.26. The lowest BCUT2D eigenvalue weighted by Crippen LogP contribution is -2.13. The summed E-state index contributed by atoms with van der Waals surface area (Å²) in [5, 5.41) is 11.9. The zero-order chi connectivity index (χ0) is 15.5. The number of nitrogens with one attached hydrogen (secondary N) is 1. The van der Waals surface area contributed by atoms with Gasteiger partial charge in [0.1, 0.15) is 0 Å². The lowest BCUT2D eigenvalue weighted by molar-refractivity contribution is 0.0697. The first-order valence-electron chi connectivity index (χ1n) is 6.67. The van der Waals surface area contributed by atoms with Gasteiger partial charge in [-0.1, -0.05) is 6.07 Å². The Labute approximate surface area is 125 Å². The molecule has 0 saturated carbocycles. The summed E-state index contributed by atoms with van der Waals surface area (Å²) in [4.78, 5) is 26.9. The monoisotopic (exact) mass is 295 g/mol. The minimum absolute atomic E-state index is 0.180. The first-order valence-corrected chi connectivity index (χ1v) is 6.67. The number of aromatic carboxylic acids is 1. The molecule has 0 spiro atoms. The van der Waals surface area contributed by atoms with Gasteiger partial charge < -0.3 is 5.11 Å². The minimum atomic E-state index is -0.998. The second kappa shape index (κ2) is 5.69. The normalized spacial score (nSPS) is 10.5. The number of H-pyrrole nitrogens is 1. The molecular weight excluding hydrogens is 282 g/mol. The second-order valence-electron chi connectivity index (χ2n) is 4.85. The Bertz CT molecular complexity index is 848. The van der Waals surface area contributed by atoms with E-state index in [-0.39, 0.29) is 11.1 Å². The van der Waals surface area contributed by atoms with Gasteiger partial charge in [-0.15, -0.1) is 0 Å². The van der Waals surface area contributed by atoms with Crippen LogP contribution < -0.4 is 5.56 Å². The molecule has 3 aromatic rings. The van der Waals surface area contributed by atoms with Gasteiger partial charge in [0.25, 0.3) is 5.56 Å². The van der Waals surface area contributed by atoms with Gasteiger partial charge in [0, 0.05) is 30.6 Å². The topological polar surface area (TPSA) is 88.0 Å². The Balaban J connectivity index is 1.89. The van der Waals surface area contributed by atoms with Crippen molar-refractivity contribution in [2.75, 3.05) is 0 Å². The molecular formula is C16H13N3O3. The highest BCUT2D eigenvalue weighted by molar-refractivity contribution is 5.87. The van der Waals surface area contributed by atoms with Gasteiger partial charge in [-0.2, -0.15) is 0 Å². The third kappa shape index (κ3) is 2.80. The predicted octanol–water partition coefficient (Wildman–Crippen LogP) is 1.85. The molecule has 22 heavy (non-hydrogen) atoms. The number of carboxylic acids is 1. The number of pyridine rings is 1. The molecule has 2 N–H and O–H groups in total. The maximum Gasteiger partial charge on any atom is 0.335 e. The molecule has 1 aromatic carbocycles. The number of aromatic nitrogens is 3. The zero-order valence-electron chi connectivity index (χ0n) is 11.6. The molecule has 0 amide bonds. The van der Waals surface area contributed by atoms with Crippen LogP contribution in [0.5, 0.6) is 0 Å². The van der Waals surface area contributed by atoms with E-state index in [4.69, 9.17) is 5.11 Å². The first kappa shape index (κ1) is 13.8. The van der Waals surface area contributed by atoms with Crippen LogP contribution in [0.1, 0.15) is 21.6 Å². The van der Waals surface area contributed by atoms with Gasteiger partial charge >= 0.3 is 5.97 Å². The molecule has 0 bridgehead atoms. The van der Waals surface area contributed by atoms with Crippen LogP contribution in [0.15, 0.2) is 59.7 Å². The van der Waals surface area contributed by atoms with Gasteiger partial charge in [0.2, 0.25) is 0 Å². The molecule has 3 rings (SSSR count). The molecule has 0 aliphatic rings. The molecule has 0 saturated heterocycles. The number of hydrogen-bond donors (Lipinski definition) is 2. The fourth-order valence-electron chi connectivity index (χ4n) is 2.20. The Morgan fingerprint density at radius 3 is 2.64 bits per heavy atom. The van der Waals surface area contributed by atoms with Crippen molar-refractivity contribution in [2.45, 2.75) is 6.42 Å². The summed E-state index contributed by atoms with van der Waals surface area (Å²) < 4.78 is 1.39. The summed E-state index contributed by atoms with van der Waals surface area (Å²) in [5.41, 5.74) is 2.34. The first-order chi connectivity index (χ1) is 10.6. The van der Waals surface area contributed by atoms with Crippen LogP contribution in [-0.4, -0.2) is 25.8 Å². The minimum Gasteiger partial charge on any atom is -0.478 e. The van der Waals surface area contributed by atoms with Crippen molar-refractivity contribution in [2.24, 2.45) is 0 Å². The van der Waals surface area contributed by atoms with Crippen LogP contribution >= 0.6 is 0 Å². The van der Waals surface area contributed by atoms with E-state index in [0.29, 0.717) is 12.1 Å². The average molecular weight is 295 g/mol. The largest absolute Gasteiger partial charge is 0.478 e. The highest BCUT2D eigenvalue weighted by atomic mass is 16.4. The fourth-order valence-corrected chi connectivity index (χ4v) is 2.20. The molecule has 0 aliphatic carbocycles. The standard InChI is InChI=1S/C16H13N3O3/c20-15-9-13(8-11-2-1-7-17-10-11)18-19(15)14-5-3-12(4-6-14)16(21)22/h1-7,9-10,18H,8H2,(H,21,22). The number of hydrogen-bond acceptors (Lipinski definition) is 3. The predicted molar refractivity (Wildman–Crippen MR) is 80.4 cm³/mol. The van der Waals surface area contributed by atoms with Crippen molar-refractivity contribution >= 4 is 5.97 Å². The van der Waals surface area contributed by atoms with Crippen LogP contribution in [-0.2, 0) is 6.42 Å². The van der Waals surface area contributed by atoms with Crippen LogP contribution in [0.4, 0.5) is 0 Å². The highest BCUT2D eigenvalue weighted by Gasteiger charge is 2.07. The lowest BCUT2D eigenvalue weighted by atomic mass is 10.2. The number of carboxylic acid groups (broad SMARTS) is 1. The fraction of sp³-hybridized carbons (Fsp3) is 0.0625. The van der Waals surface area contributed by atoms with Crippen LogP contribution in [0.25, 0.3) is 5.69 Å². The molecule has 0 radical (unpaired) electrons. The molecule has 0 fully saturated rings. The van der Waals surface area contributed by atoms with Gasteiger partial charge in [-0.3, -0.25) is 14.9 Å². The zero-order valence-corrected chi connectivity index (χ0v) is 11.6. The Kier molecular flexibility index (Phi) is 3.57. The number of nitrogens with zero attached hydrogens (tertiary/aromatic N) is 2. The average Bonchev–Trinajstić information content (AvgIpc) is 2.89. The Morgan fingerprint density at radius 1 is 1.23 bits per heavy atom. The van der Waals surface area contributed by atoms with E-state index in [2.05, 4.69) is 10.1 Å². The number of rotatable bonds is 4. The third-order valence-corrected chi connectivity index (χ3v) is 3.26. The summed E-state index contributed by atoms with van der Waals surface area (Å²) in [6.45, 7) is 0. The Hall–Kier alpha value is -3.15. The maximum absolute atomic E-state index is 12.0. The SMILES string of the molecule is O=C(O)c1ccc(-n2[nH]c(Cc3cccnc3)cc2=O)cc1. The summed E-state index contributed by atoms with van der Waals surface area (Å²) in [5.74, 6) is -0.998. The van der Waals surface area contributed by atoms with Gasteiger partial charge in [0.15, 0.2) is 0 Å². The lowest BCUT2D eigenvalue weighted by Gasteiger charge is -2.03. The highest BCUT2D eigenvalue weighted by Crippen LogP contribution is 2.09. The van der Waals surface area contributed by atoms with Gasteiger partial charge in [-0.05, 0) is 35.9 Å². The Morgan fingerprint density at radius 2 is 2.00 bits per heavy atom. The van der Waals surface area contributed by atoms with Crippen molar-refractivity contribution in [1.82, 2.24) is 14.8 Å². The van der Waals surface area contributed by atoms with Crippen LogP contribution in [0, 0.1) is 0 Å². The molecule has 0 atom stereocenters. The molecule has 2 aromatic heterocycles. The van der Waals surface area contributed by atoms with Crippen LogP contribution in [0.2, 0.25) is 0 Å². The van der Waals surface area contributed by atoms with E-state index in [1.165, 1.54) is 22.9 Å². The van der Waals surface area contributed by atoms with E-state index >= 15 is 0 Å². The quantitative estimate of drug-likeness (QED) is 0.769. The van der Waals surface area contributed by atoms with E-state index in [1.807, 2.05) is 12.1 Å². The molecule has 2 heterocycles. The molecule has 0 aliphatic heterocycles. The van der Waals surface area contributed by atoms with Crippen molar-refractivity contribution in [1.29, 1.82) is 0 Å². The second-order valence-corrected chi connectivity index (χ2v) is 4.85. The van der Waals surface area contributed by atoms with E-state index in [0.717, 1.165) is 11.3 Å². The molecule has 110 valence electrons. The van der Waals surface area contributed by atoms with Crippen molar-refractivity contribution in [3.63, 3.8) is 0 Å². The molecule has 0 unspecified atom stereocenters. The van der Waals surface area contributed by atoms with E-state index in [1.54, 1.807) is 24.5 Å². The summed E-state index contributed by atoms with van der Waals surface area (Å²) >= 11 is 0.